The minimum Gasteiger partial charge on any atom is -0.493 e. The smallest absolute Gasteiger partial charge is 0.309 e. The molecule has 178 valence electrons. The Bertz CT molecular complexity index is 963. The first-order chi connectivity index (χ1) is 15.6. The highest BCUT2D eigenvalue weighted by molar-refractivity contribution is 8.00. The van der Waals surface area contributed by atoms with E-state index < -0.39 is 29.7 Å². The Kier molecular flexibility index (Phi) is 9.91. The summed E-state index contributed by atoms with van der Waals surface area (Å²) in [6.45, 7) is 8.91. The number of aromatic nitrogens is 1. The molecule has 0 spiro atoms. The zero-order valence-corrected chi connectivity index (χ0v) is 20.7. The molecule has 0 aliphatic carbocycles. The van der Waals surface area contributed by atoms with Gasteiger partial charge >= 0.3 is 11.9 Å². The first kappa shape index (κ1) is 26.4. The summed E-state index contributed by atoms with van der Waals surface area (Å²) < 4.78 is 16.1. The number of pyridine rings is 1. The first-order valence-electron chi connectivity index (χ1n) is 10.8. The van der Waals surface area contributed by atoms with E-state index in [9.17, 15) is 14.4 Å². The quantitative estimate of drug-likeness (QED) is 0.331. The predicted octanol–water partition coefficient (Wildman–Crippen LogP) is 5.04. The molecule has 0 bridgehead atoms. The van der Waals surface area contributed by atoms with E-state index in [2.05, 4.69) is 18.8 Å². The summed E-state index contributed by atoms with van der Waals surface area (Å²) in [5.41, 5.74) is 1.02. The Morgan fingerprint density at radius 3 is 2.27 bits per heavy atom. The second-order valence-corrected chi connectivity index (χ2v) is 9.69. The summed E-state index contributed by atoms with van der Waals surface area (Å²) in [4.78, 5) is 41.2. The van der Waals surface area contributed by atoms with Crippen molar-refractivity contribution in [2.45, 2.75) is 57.6 Å². The molecular formula is C25H31NO6S. The number of ketones is 1. The van der Waals surface area contributed by atoms with Gasteiger partial charge in [0.1, 0.15) is 6.10 Å². The molecule has 0 radical (unpaired) electrons. The normalized spacial score (nSPS) is 13.7. The number of benzene rings is 1. The number of methoxy groups -OCH3 is 1. The number of thioether (sulfide) groups is 1. The van der Waals surface area contributed by atoms with Crippen molar-refractivity contribution < 1.29 is 28.6 Å². The highest BCUT2D eigenvalue weighted by Gasteiger charge is 2.29. The van der Waals surface area contributed by atoms with Crippen molar-refractivity contribution in [2.24, 2.45) is 5.92 Å². The Hall–Kier alpha value is -2.87. The number of Topliss-reactive ketones (excluding diaryl/α,β-unsaturated/α-hetero) is 1. The van der Waals surface area contributed by atoms with Crippen LogP contribution in [-0.2, 0) is 14.3 Å². The molecule has 7 nitrogen and oxygen atoms in total. The van der Waals surface area contributed by atoms with Gasteiger partial charge in [-0.1, -0.05) is 51.1 Å². The molecule has 3 atom stereocenters. The van der Waals surface area contributed by atoms with Crippen LogP contribution in [-0.4, -0.2) is 41.2 Å². The number of hydrogen-bond donors (Lipinski definition) is 0. The highest BCUT2D eigenvalue weighted by Crippen LogP contribution is 2.37. The van der Waals surface area contributed by atoms with Crippen molar-refractivity contribution in [3.05, 3.63) is 53.9 Å². The fraction of sp³-hybridized carbons (Fsp3) is 0.440. The van der Waals surface area contributed by atoms with E-state index >= 15 is 0 Å². The molecule has 8 heteroatoms. The number of nitrogens with zero attached hydrogens (tertiary/aromatic N) is 1. The van der Waals surface area contributed by atoms with Gasteiger partial charge in [0.15, 0.2) is 17.2 Å². The minimum atomic E-state index is -0.710. The molecule has 0 amide bonds. The van der Waals surface area contributed by atoms with Crippen LogP contribution < -0.4 is 9.47 Å². The average molecular weight is 474 g/mol. The third-order valence-corrected chi connectivity index (χ3v) is 6.26. The molecule has 0 saturated carbocycles. The Labute approximate surface area is 199 Å². The molecule has 2 rings (SSSR count). The van der Waals surface area contributed by atoms with E-state index in [1.54, 1.807) is 18.7 Å². The van der Waals surface area contributed by atoms with Gasteiger partial charge < -0.3 is 14.2 Å². The van der Waals surface area contributed by atoms with Gasteiger partial charge in [0, 0.05) is 25.6 Å². The lowest BCUT2D eigenvalue weighted by atomic mass is 10.0. The van der Waals surface area contributed by atoms with Crippen LogP contribution in [0.25, 0.3) is 0 Å². The van der Waals surface area contributed by atoms with Gasteiger partial charge in [0.25, 0.3) is 0 Å². The standard InChI is InChI=1S/C25H31NO6S/c1-15(2)33-24(19-10-8-7-9-11-19)17(4)31-25(29)16(3)14-20(28)22-23(32-18(5)27)21(30-6)12-13-26-22/h7-13,15-17,24H,14H2,1-6H3/t16-,17+,24+/m1/s1. The van der Waals surface area contributed by atoms with Gasteiger partial charge in [-0.2, -0.15) is 0 Å². The van der Waals surface area contributed by atoms with Crippen LogP contribution in [0.15, 0.2) is 42.6 Å². The lowest BCUT2D eigenvalue weighted by Gasteiger charge is -2.26. The summed E-state index contributed by atoms with van der Waals surface area (Å²) in [5, 5.41) is 0.308. The van der Waals surface area contributed by atoms with Gasteiger partial charge in [0.2, 0.25) is 5.75 Å². The van der Waals surface area contributed by atoms with Gasteiger partial charge in [-0.15, -0.1) is 11.8 Å². The second kappa shape index (κ2) is 12.4. The number of carbonyl (C=O) groups excluding carboxylic acids is 3. The molecule has 0 saturated heterocycles. The number of esters is 2. The summed E-state index contributed by atoms with van der Waals surface area (Å²) in [7, 11) is 1.40. The molecule has 2 aromatic rings. The lowest BCUT2D eigenvalue weighted by molar-refractivity contribution is -0.152. The van der Waals surface area contributed by atoms with Crippen molar-refractivity contribution in [2.75, 3.05) is 7.11 Å². The van der Waals surface area contributed by atoms with Gasteiger partial charge in [-0.3, -0.25) is 14.4 Å². The van der Waals surface area contributed by atoms with Crippen LogP contribution in [0.1, 0.15) is 62.3 Å². The zero-order valence-electron chi connectivity index (χ0n) is 19.9. The molecule has 1 aromatic heterocycles. The fourth-order valence-corrected chi connectivity index (χ4v) is 4.43. The SMILES string of the molecule is COc1ccnc(C(=O)C[C@@H](C)C(=O)O[C@@H](C)[C@H](SC(C)C)c2ccccc2)c1OC(C)=O. The molecule has 1 heterocycles. The van der Waals surface area contributed by atoms with Gasteiger partial charge in [-0.25, -0.2) is 4.98 Å². The summed E-state index contributed by atoms with van der Waals surface area (Å²) in [5.74, 6) is -2.07. The van der Waals surface area contributed by atoms with Crippen molar-refractivity contribution in [1.82, 2.24) is 4.98 Å². The molecule has 0 fully saturated rings. The van der Waals surface area contributed by atoms with Crippen molar-refractivity contribution >= 4 is 29.5 Å². The number of hydrogen-bond acceptors (Lipinski definition) is 8. The number of ether oxygens (including phenoxy) is 3. The molecule has 0 unspecified atom stereocenters. The topological polar surface area (TPSA) is 91.8 Å². The maximum atomic E-state index is 12.9. The Morgan fingerprint density at radius 1 is 1.03 bits per heavy atom. The Morgan fingerprint density at radius 2 is 1.70 bits per heavy atom. The molecule has 0 N–H and O–H groups in total. The van der Waals surface area contributed by atoms with Gasteiger partial charge in [-0.05, 0) is 17.7 Å². The largest absolute Gasteiger partial charge is 0.493 e. The van der Waals surface area contributed by atoms with E-state index in [0.717, 1.165) is 5.56 Å². The maximum absolute atomic E-state index is 12.9. The molecule has 33 heavy (non-hydrogen) atoms. The monoisotopic (exact) mass is 473 g/mol. The van der Waals surface area contributed by atoms with E-state index in [1.165, 1.54) is 26.3 Å². The fourth-order valence-electron chi connectivity index (χ4n) is 3.25. The first-order valence-corrected chi connectivity index (χ1v) is 11.7. The van der Waals surface area contributed by atoms with Crippen LogP contribution in [0.3, 0.4) is 0 Å². The second-order valence-electron chi connectivity index (χ2n) is 7.97. The lowest BCUT2D eigenvalue weighted by Crippen LogP contribution is -2.27. The minimum absolute atomic E-state index is 0.0336. The van der Waals surface area contributed by atoms with Crippen molar-refractivity contribution in [1.29, 1.82) is 0 Å². The number of rotatable bonds is 11. The van der Waals surface area contributed by atoms with Crippen LogP contribution >= 0.6 is 11.8 Å². The van der Waals surface area contributed by atoms with E-state index in [4.69, 9.17) is 14.2 Å². The van der Waals surface area contributed by atoms with Gasteiger partial charge in [0.05, 0.1) is 18.3 Å². The molecule has 0 aliphatic rings. The summed E-state index contributed by atoms with van der Waals surface area (Å²) >= 11 is 1.72. The molecule has 1 aromatic carbocycles. The summed E-state index contributed by atoms with van der Waals surface area (Å²) in [6, 6.07) is 11.4. The average Bonchev–Trinajstić information content (AvgIpc) is 2.77. The van der Waals surface area contributed by atoms with Crippen molar-refractivity contribution in [3.63, 3.8) is 0 Å². The van der Waals surface area contributed by atoms with Crippen LogP contribution in [0, 0.1) is 5.92 Å². The van der Waals surface area contributed by atoms with E-state index in [1.807, 2.05) is 37.3 Å². The van der Waals surface area contributed by atoms with E-state index in [0.29, 0.717) is 5.25 Å². The highest BCUT2D eigenvalue weighted by atomic mass is 32.2. The van der Waals surface area contributed by atoms with Crippen molar-refractivity contribution in [3.8, 4) is 11.5 Å². The third-order valence-electron chi connectivity index (χ3n) is 4.77. The maximum Gasteiger partial charge on any atom is 0.309 e. The Balaban J connectivity index is 2.12. The predicted molar refractivity (Wildman–Crippen MR) is 128 cm³/mol. The van der Waals surface area contributed by atoms with Crippen LogP contribution in [0.2, 0.25) is 0 Å². The molecular weight excluding hydrogens is 442 g/mol. The zero-order chi connectivity index (χ0) is 24.5. The van der Waals surface area contributed by atoms with Crippen LogP contribution in [0.5, 0.6) is 11.5 Å². The van der Waals surface area contributed by atoms with E-state index in [-0.39, 0.29) is 28.9 Å². The third kappa shape index (κ3) is 7.60. The molecule has 0 aliphatic heterocycles. The van der Waals surface area contributed by atoms with Crippen LogP contribution in [0.4, 0.5) is 0 Å². The number of carbonyl (C=O) groups is 3. The summed E-state index contributed by atoms with van der Waals surface area (Å²) in [6.07, 6.45) is 0.849.